The van der Waals surface area contributed by atoms with Crippen LogP contribution < -0.4 is 5.56 Å². The summed E-state index contributed by atoms with van der Waals surface area (Å²) >= 11 is 0. The molecule has 0 aliphatic carbocycles. The molecule has 3 aromatic rings. The maximum atomic E-state index is 13.1. The van der Waals surface area contributed by atoms with Crippen LogP contribution in [-0.2, 0) is 12.7 Å². The van der Waals surface area contributed by atoms with Crippen LogP contribution in [0.15, 0.2) is 51.8 Å². The van der Waals surface area contributed by atoms with E-state index >= 15 is 0 Å². The first-order chi connectivity index (χ1) is 11.3. The van der Waals surface area contributed by atoms with Crippen LogP contribution in [-0.4, -0.2) is 14.8 Å². The molecule has 1 aromatic carbocycles. The van der Waals surface area contributed by atoms with Gasteiger partial charge in [0.1, 0.15) is 5.82 Å². The first kappa shape index (κ1) is 15.9. The average molecular weight is 339 g/mol. The van der Waals surface area contributed by atoms with E-state index in [0.717, 1.165) is 6.07 Å². The number of alkyl halides is 3. The minimum atomic E-state index is -4.75. The molecule has 124 valence electrons. The average Bonchev–Trinajstić information content (AvgIpc) is 2.99. The molecule has 2 heterocycles. The highest BCUT2D eigenvalue weighted by atomic mass is 19.4. The van der Waals surface area contributed by atoms with Gasteiger partial charge in [-0.05, 0) is 23.8 Å². The van der Waals surface area contributed by atoms with Crippen LogP contribution in [0, 0.1) is 5.82 Å². The Morgan fingerprint density at radius 3 is 2.54 bits per heavy atom. The van der Waals surface area contributed by atoms with Crippen molar-refractivity contribution in [1.29, 1.82) is 0 Å². The third kappa shape index (κ3) is 3.34. The molecule has 24 heavy (non-hydrogen) atoms. The molecule has 0 spiro atoms. The topological polar surface area (TPSA) is 60.9 Å². The lowest BCUT2D eigenvalue weighted by Gasteiger charge is -2.06. The van der Waals surface area contributed by atoms with Gasteiger partial charge in [0.25, 0.3) is 5.56 Å². The van der Waals surface area contributed by atoms with Crippen LogP contribution in [0.2, 0.25) is 0 Å². The standard InChI is InChI=1S/C15H9F4N3O2/c16-11-3-1-2-9(6-11)8-22-5-4-10(7-12(22)23)13-20-21-14(24-13)15(17,18)19/h1-7H,8H2. The smallest absolute Gasteiger partial charge is 0.413 e. The molecule has 9 heteroatoms. The molecule has 3 rings (SSSR count). The number of hydrogen-bond acceptors (Lipinski definition) is 4. The van der Waals surface area contributed by atoms with E-state index in [1.165, 1.54) is 35.0 Å². The molecular formula is C15H9F4N3O2. The van der Waals surface area contributed by atoms with Crippen LogP contribution in [0.25, 0.3) is 11.5 Å². The van der Waals surface area contributed by atoms with Crippen LogP contribution in [0.3, 0.4) is 0 Å². The first-order valence-electron chi connectivity index (χ1n) is 6.69. The van der Waals surface area contributed by atoms with Gasteiger partial charge in [0, 0.05) is 17.8 Å². The van der Waals surface area contributed by atoms with Crippen LogP contribution in [0.4, 0.5) is 17.6 Å². The molecule has 0 saturated heterocycles. The van der Waals surface area contributed by atoms with Crippen LogP contribution in [0.1, 0.15) is 11.5 Å². The molecule has 2 aromatic heterocycles. The fourth-order valence-corrected chi connectivity index (χ4v) is 2.06. The van der Waals surface area contributed by atoms with Gasteiger partial charge in [0.05, 0.1) is 6.54 Å². The molecular weight excluding hydrogens is 330 g/mol. The van der Waals surface area contributed by atoms with Gasteiger partial charge in [-0.15, -0.1) is 10.2 Å². The summed E-state index contributed by atoms with van der Waals surface area (Å²) in [5.74, 6) is -2.32. The molecule has 0 unspecified atom stereocenters. The third-order valence-electron chi connectivity index (χ3n) is 3.15. The lowest BCUT2D eigenvalue weighted by molar-refractivity contribution is -0.156. The summed E-state index contributed by atoms with van der Waals surface area (Å²) in [6.07, 6.45) is -3.39. The molecule has 0 aliphatic rings. The van der Waals surface area contributed by atoms with Gasteiger partial charge in [0.2, 0.25) is 5.89 Å². The molecule has 0 amide bonds. The molecule has 0 bridgehead atoms. The zero-order valence-corrected chi connectivity index (χ0v) is 11.9. The van der Waals surface area contributed by atoms with E-state index in [0.29, 0.717) is 5.56 Å². The fraction of sp³-hybridized carbons (Fsp3) is 0.133. The lowest BCUT2D eigenvalue weighted by atomic mass is 10.2. The van der Waals surface area contributed by atoms with E-state index in [-0.39, 0.29) is 12.1 Å². The number of halogens is 4. The lowest BCUT2D eigenvalue weighted by Crippen LogP contribution is -2.19. The Balaban J connectivity index is 1.87. The second-order valence-electron chi connectivity index (χ2n) is 4.92. The second-order valence-corrected chi connectivity index (χ2v) is 4.92. The van der Waals surface area contributed by atoms with Crippen molar-refractivity contribution < 1.29 is 22.0 Å². The van der Waals surface area contributed by atoms with Crippen molar-refractivity contribution in [2.45, 2.75) is 12.7 Å². The van der Waals surface area contributed by atoms with Crippen molar-refractivity contribution in [1.82, 2.24) is 14.8 Å². The normalized spacial score (nSPS) is 11.7. The predicted octanol–water partition coefficient (Wildman–Crippen LogP) is 3.10. The predicted molar refractivity (Wildman–Crippen MR) is 74.5 cm³/mol. The maximum Gasteiger partial charge on any atom is 0.470 e. The van der Waals surface area contributed by atoms with Gasteiger partial charge in [-0.2, -0.15) is 13.2 Å². The van der Waals surface area contributed by atoms with Gasteiger partial charge < -0.3 is 8.98 Å². The number of benzene rings is 1. The number of aromatic nitrogens is 3. The van der Waals surface area contributed by atoms with E-state index in [1.54, 1.807) is 6.07 Å². The zero-order valence-electron chi connectivity index (χ0n) is 11.9. The Morgan fingerprint density at radius 2 is 1.92 bits per heavy atom. The van der Waals surface area contributed by atoms with Gasteiger partial charge >= 0.3 is 12.1 Å². The summed E-state index contributed by atoms with van der Waals surface area (Å²) in [6, 6.07) is 8.18. The second kappa shape index (κ2) is 5.91. The quantitative estimate of drug-likeness (QED) is 0.688. The Kier molecular flexibility index (Phi) is 3.92. The summed E-state index contributed by atoms with van der Waals surface area (Å²) in [5, 5.41) is 6.19. The van der Waals surface area contributed by atoms with Crippen LogP contribution >= 0.6 is 0 Å². The Labute approximate surface area is 132 Å². The maximum absolute atomic E-state index is 13.1. The largest absolute Gasteiger partial charge is 0.470 e. The summed E-state index contributed by atoms with van der Waals surface area (Å²) in [4.78, 5) is 12.1. The summed E-state index contributed by atoms with van der Waals surface area (Å²) in [7, 11) is 0. The Hall–Kier alpha value is -2.97. The van der Waals surface area contributed by atoms with Crippen molar-refractivity contribution in [2.24, 2.45) is 0 Å². The number of hydrogen-bond donors (Lipinski definition) is 0. The van der Waals surface area contributed by atoms with E-state index in [1.807, 2.05) is 0 Å². The monoisotopic (exact) mass is 339 g/mol. The molecule has 5 nitrogen and oxygen atoms in total. The molecule has 0 atom stereocenters. The minimum absolute atomic E-state index is 0.0680. The molecule has 0 saturated carbocycles. The Morgan fingerprint density at radius 1 is 1.12 bits per heavy atom. The highest BCUT2D eigenvalue weighted by Crippen LogP contribution is 2.29. The highest BCUT2D eigenvalue weighted by Gasteiger charge is 2.38. The minimum Gasteiger partial charge on any atom is -0.413 e. The molecule has 0 radical (unpaired) electrons. The van der Waals surface area contributed by atoms with Crippen molar-refractivity contribution in [3.8, 4) is 11.5 Å². The van der Waals surface area contributed by atoms with E-state index in [4.69, 9.17) is 0 Å². The number of rotatable bonds is 3. The number of nitrogens with zero attached hydrogens (tertiary/aromatic N) is 3. The summed E-state index contributed by atoms with van der Waals surface area (Å²) in [6.45, 7) is 0.120. The summed E-state index contributed by atoms with van der Waals surface area (Å²) < 4.78 is 56.3. The third-order valence-corrected chi connectivity index (χ3v) is 3.15. The zero-order chi connectivity index (χ0) is 17.3. The first-order valence-corrected chi connectivity index (χ1v) is 6.69. The molecule has 0 N–H and O–H groups in total. The van der Waals surface area contributed by atoms with Gasteiger partial charge in [-0.3, -0.25) is 4.79 Å². The van der Waals surface area contributed by atoms with Crippen molar-refractivity contribution in [3.05, 3.63) is 70.2 Å². The van der Waals surface area contributed by atoms with Crippen LogP contribution in [0.5, 0.6) is 0 Å². The fourth-order valence-electron chi connectivity index (χ4n) is 2.06. The van der Waals surface area contributed by atoms with E-state index in [9.17, 15) is 22.4 Å². The Bertz CT molecular complexity index is 931. The van der Waals surface area contributed by atoms with Gasteiger partial charge in [-0.1, -0.05) is 12.1 Å². The SMILES string of the molecule is O=c1cc(-c2nnc(C(F)(F)F)o2)ccn1Cc1cccc(F)c1. The molecule has 0 fully saturated rings. The number of pyridine rings is 1. The van der Waals surface area contributed by atoms with Crippen molar-refractivity contribution in [2.75, 3.05) is 0 Å². The van der Waals surface area contributed by atoms with Crippen molar-refractivity contribution in [3.63, 3.8) is 0 Å². The summed E-state index contributed by atoms with van der Waals surface area (Å²) in [5.41, 5.74) is 0.143. The van der Waals surface area contributed by atoms with E-state index in [2.05, 4.69) is 14.6 Å². The van der Waals surface area contributed by atoms with Crippen molar-refractivity contribution >= 4 is 0 Å². The van der Waals surface area contributed by atoms with E-state index < -0.39 is 29.3 Å². The molecule has 0 aliphatic heterocycles. The van der Waals surface area contributed by atoms with Gasteiger partial charge in [0.15, 0.2) is 0 Å². The highest BCUT2D eigenvalue weighted by molar-refractivity contribution is 5.51. The van der Waals surface area contributed by atoms with Gasteiger partial charge in [-0.25, -0.2) is 4.39 Å².